The molecule has 0 aromatic heterocycles. The van der Waals surface area contributed by atoms with Gasteiger partial charge in [0.05, 0.1) is 52.2 Å². The molecule has 0 aliphatic carbocycles. The molecule has 0 unspecified atom stereocenters. The van der Waals surface area contributed by atoms with Crippen LogP contribution in [0.25, 0.3) is 22.3 Å². The number of esters is 3. The van der Waals surface area contributed by atoms with E-state index in [2.05, 4.69) is 0 Å². The van der Waals surface area contributed by atoms with Gasteiger partial charge in [-0.1, -0.05) is 48.5 Å². The number of carbonyl (C=O) groups is 4. The van der Waals surface area contributed by atoms with Crippen LogP contribution in [0.4, 0.5) is 0 Å². The third-order valence-corrected chi connectivity index (χ3v) is 10.9. The van der Waals surface area contributed by atoms with Crippen LogP contribution in [-0.2, 0) is 19.2 Å². The number of unbranched alkanes of at least 4 members (excludes halogenated alkanes) is 1. The summed E-state index contributed by atoms with van der Waals surface area (Å²) in [5.74, 6) is -0.607. The lowest BCUT2D eigenvalue weighted by molar-refractivity contribution is -0.137. The number of hydrogen-bond acceptors (Lipinski definition) is 12. The van der Waals surface area contributed by atoms with E-state index >= 15 is 0 Å². The molecular weight excluding hydrogens is 861 g/mol. The van der Waals surface area contributed by atoms with Crippen LogP contribution in [0.2, 0.25) is 0 Å². The molecule has 1 N–H and O–H groups in total. The Labute approximate surface area is 391 Å². The molecule has 0 spiro atoms. The predicted molar refractivity (Wildman–Crippen MR) is 261 cm³/mol. The van der Waals surface area contributed by atoms with Gasteiger partial charge in [0, 0.05) is 49.5 Å². The molecule has 13 nitrogen and oxygen atoms in total. The standard InChI is InChI=1S/C55H42N4O9/c1-32(60)66-40-15-7-11-36(29-40)53-45-21-19-43(56-45)52(35-10-6-14-39(28-35)65-27-5-4-18-51(63)64)44-20-22-46(57-44)54(37-12-8-16-41(30-37)67-33(2)61)48-24-26-50(59-48)55(49-25-23-47(53)58-49)38-13-9-17-42(31-38)68-34(3)62/h6-17,19-26,28-31H,4-5,18,27H2,1-3H3,(H,63,64). The van der Waals surface area contributed by atoms with Gasteiger partial charge in [0.1, 0.15) is 23.0 Å². The summed E-state index contributed by atoms with van der Waals surface area (Å²) in [5, 5.41) is 9.12. The molecule has 4 aromatic carbocycles. The van der Waals surface area contributed by atoms with E-state index in [9.17, 15) is 19.2 Å². The molecule has 336 valence electrons. The van der Waals surface area contributed by atoms with Crippen molar-refractivity contribution in [3.8, 4) is 23.0 Å². The van der Waals surface area contributed by atoms with Crippen molar-refractivity contribution in [1.29, 1.82) is 0 Å². The van der Waals surface area contributed by atoms with Crippen molar-refractivity contribution >= 4 is 69.0 Å². The number of carboxylic acids is 1. The van der Waals surface area contributed by atoms with Crippen molar-refractivity contribution in [2.45, 2.75) is 40.0 Å². The second-order valence-corrected chi connectivity index (χ2v) is 16.0. The van der Waals surface area contributed by atoms with Gasteiger partial charge in [0.2, 0.25) is 0 Å². The van der Waals surface area contributed by atoms with Crippen LogP contribution in [0.1, 0.15) is 62.3 Å². The van der Waals surface area contributed by atoms with Crippen molar-refractivity contribution < 1.29 is 43.2 Å². The molecule has 0 radical (unpaired) electrons. The average molecular weight is 903 g/mol. The topological polar surface area (TPSA) is 175 Å². The van der Waals surface area contributed by atoms with Crippen LogP contribution in [0.3, 0.4) is 0 Å². The Morgan fingerprint density at radius 2 is 0.735 bits per heavy atom. The third-order valence-electron chi connectivity index (χ3n) is 10.9. The van der Waals surface area contributed by atoms with Crippen molar-refractivity contribution in [3.05, 3.63) is 191 Å². The van der Waals surface area contributed by atoms with Crippen LogP contribution in [0.15, 0.2) is 188 Å². The Morgan fingerprint density at radius 1 is 0.426 bits per heavy atom. The fourth-order valence-electron chi connectivity index (χ4n) is 8.22. The van der Waals surface area contributed by atoms with Gasteiger partial charge in [-0.2, -0.15) is 0 Å². The molecule has 13 heteroatoms. The first kappa shape index (κ1) is 44.4. The molecule has 4 aromatic rings. The van der Waals surface area contributed by atoms with E-state index in [1.54, 1.807) is 54.6 Å². The largest absolute Gasteiger partial charge is 0.494 e. The second kappa shape index (κ2) is 19.3. The summed E-state index contributed by atoms with van der Waals surface area (Å²) in [5.41, 5.74) is 10.1. The number of benzene rings is 4. The summed E-state index contributed by atoms with van der Waals surface area (Å²) in [6.45, 7) is 4.37. The second-order valence-electron chi connectivity index (χ2n) is 16.0. The fraction of sp³-hybridized carbons (Fsp3) is 0.127. The number of aliphatic carboxylic acids is 1. The minimum Gasteiger partial charge on any atom is -0.494 e. The molecule has 0 saturated heterocycles. The van der Waals surface area contributed by atoms with Gasteiger partial charge < -0.3 is 24.1 Å². The van der Waals surface area contributed by atoms with Gasteiger partial charge in [0.25, 0.3) is 0 Å². The first-order valence-corrected chi connectivity index (χ1v) is 21.8. The van der Waals surface area contributed by atoms with Crippen molar-refractivity contribution in [3.63, 3.8) is 0 Å². The summed E-state index contributed by atoms with van der Waals surface area (Å²) >= 11 is 0. The molecule has 9 rings (SSSR count). The lowest BCUT2D eigenvalue weighted by atomic mass is 9.98. The van der Waals surface area contributed by atoms with Gasteiger partial charge >= 0.3 is 23.9 Å². The number of aliphatic imine (C=N–C) groups is 4. The molecule has 5 aliphatic rings. The highest BCUT2D eigenvalue weighted by Crippen LogP contribution is 2.40. The zero-order valence-electron chi connectivity index (χ0n) is 37.2. The molecule has 5 aliphatic heterocycles. The van der Waals surface area contributed by atoms with Gasteiger partial charge in [-0.15, -0.1) is 0 Å². The van der Waals surface area contributed by atoms with E-state index in [1.807, 2.05) is 91.1 Å². The highest BCUT2D eigenvalue weighted by Gasteiger charge is 2.28. The maximum absolute atomic E-state index is 12.1. The predicted octanol–water partition coefficient (Wildman–Crippen LogP) is 10.1. The maximum Gasteiger partial charge on any atom is 0.308 e. The Morgan fingerprint density at radius 3 is 1.04 bits per heavy atom. The molecule has 0 amide bonds. The minimum absolute atomic E-state index is 0.0610. The SMILES string of the molecule is CC(=O)Oc1cccc(C2=C3C=CC(=N3)C(c3cccc(OC(C)=O)c3)=C3C=CC(=N3)C(c3cccc(OC(C)=O)c3)=C3C=CC(=N3)C(c3cccc(OCCCCC(=O)O)c3)=C3C=CC2=N3)c1. The molecule has 5 heterocycles. The number of ether oxygens (including phenoxy) is 4. The summed E-state index contributed by atoms with van der Waals surface area (Å²) in [4.78, 5) is 68.7. The lowest BCUT2D eigenvalue weighted by Gasteiger charge is -2.14. The Kier molecular flexibility index (Phi) is 12.6. The third kappa shape index (κ3) is 9.87. The number of carboxylic acid groups (broad SMARTS) is 1. The smallest absolute Gasteiger partial charge is 0.308 e. The fourth-order valence-corrected chi connectivity index (χ4v) is 8.22. The number of nitrogens with zero attached hydrogens (tertiary/aromatic N) is 4. The van der Waals surface area contributed by atoms with Crippen molar-refractivity contribution in [2.24, 2.45) is 20.0 Å². The monoisotopic (exact) mass is 902 g/mol. The highest BCUT2D eigenvalue weighted by molar-refractivity contribution is 6.39. The number of hydrogen-bond donors (Lipinski definition) is 1. The van der Waals surface area contributed by atoms with Crippen LogP contribution in [0, 0.1) is 0 Å². The van der Waals surface area contributed by atoms with Crippen LogP contribution in [0.5, 0.6) is 23.0 Å². The number of carbonyl (C=O) groups excluding carboxylic acids is 3. The summed E-state index contributed by atoms with van der Waals surface area (Å²) in [7, 11) is 0. The van der Waals surface area contributed by atoms with Crippen LogP contribution in [-0.4, -0.2) is 58.4 Å². The minimum atomic E-state index is -0.850. The quantitative estimate of drug-likeness (QED) is 0.0778. The summed E-state index contributed by atoms with van der Waals surface area (Å²) in [6, 6.07) is 29.2. The summed E-state index contributed by atoms with van der Waals surface area (Å²) in [6.07, 6.45) is 16.4. The van der Waals surface area contributed by atoms with Crippen molar-refractivity contribution in [1.82, 2.24) is 0 Å². The van der Waals surface area contributed by atoms with E-state index in [4.69, 9.17) is 44.0 Å². The average Bonchev–Trinajstić information content (AvgIpc) is 4.15. The van der Waals surface area contributed by atoms with E-state index in [-0.39, 0.29) is 6.42 Å². The lowest BCUT2D eigenvalue weighted by Crippen LogP contribution is -2.05. The zero-order valence-corrected chi connectivity index (χ0v) is 37.2. The first-order chi connectivity index (χ1) is 32.9. The first-order valence-electron chi connectivity index (χ1n) is 21.8. The van der Waals surface area contributed by atoms with Gasteiger partial charge in [-0.05, 0) is 132 Å². The molecule has 68 heavy (non-hydrogen) atoms. The Hall–Kier alpha value is -8.84. The number of rotatable bonds is 13. The Balaban J connectivity index is 1.30. The normalized spacial score (nSPS) is 15.7. The van der Waals surface area contributed by atoms with Gasteiger partial charge in [-0.25, -0.2) is 20.0 Å². The zero-order chi connectivity index (χ0) is 47.3. The highest BCUT2D eigenvalue weighted by atomic mass is 16.5. The molecule has 0 atom stereocenters. The molecule has 0 fully saturated rings. The van der Waals surface area contributed by atoms with Crippen LogP contribution < -0.4 is 18.9 Å². The summed E-state index contributed by atoms with van der Waals surface area (Å²) < 4.78 is 22.8. The van der Waals surface area contributed by atoms with E-state index in [1.165, 1.54) is 20.8 Å². The molecular formula is C55H42N4O9. The Bertz CT molecular complexity index is 3180. The van der Waals surface area contributed by atoms with Crippen LogP contribution >= 0.6 is 0 Å². The van der Waals surface area contributed by atoms with E-state index in [0.29, 0.717) is 127 Å². The number of allylic oxidation sites excluding steroid dienone is 12. The molecule has 0 saturated carbocycles. The molecule has 8 bridgehead atoms. The van der Waals surface area contributed by atoms with Gasteiger partial charge in [-0.3, -0.25) is 19.2 Å². The van der Waals surface area contributed by atoms with Gasteiger partial charge in [0.15, 0.2) is 0 Å². The van der Waals surface area contributed by atoms with E-state index < -0.39 is 23.9 Å². The van der Waals surface area contributed by atoms with Crippen molar-refractivity contribution in [2.75, 3.05) is 6.61 Å². The number of fused-ring (bicyclic) bond motifs is 4. The maximum atomic E-state index is 12.1. The van der Waals surface area contributed by atoms with E-state index in [0.717, 1.165) is 5.56 Å².